The summed E-state index contributed by atoms with van der Waals surface area (Å²) >= 11 is 0. The summed E-state index contributed by atoms with van der Waals surface area (Å²) in [5.74, 6) is -0.334. The third-order valence-corrected chi connectivity index (χ3v) is 0.671. The van der Waals surface area contributed by atoms with Crippen LogP contribution in [0.5, 0.6) is 0 Å². The maximum absolute atomic E-state index is 10.3. The Bertz CT molecular complexity index is 112. The Labute approximate surface area is 53.4 Å². The summed E-state index contributed by atoms with van der Waals surface area (Å²) in [6.45, 7) is 3.26. The summed E-state index contributed by atoms with van der Waals surface area (Å²) in [5.41, 5.74) is 4.90. The van der Waals surface area contributed by atoms with Gasteiger partial charge in [-0.2, -0.15) is 0 Å². The van der Waals surface area contributed by atoms with Crippen molar-refractivity contribution in [3.05, 3.63) is 12.7 Å². The molecule has 0 rings (SSSR count). The van der Waals surface area contributed by atoms with E-state index < -0.39 is 6.23 Å². The minimum Gasteiger partial charge on any atom is -0.377 e. The molecule has 0 fully saturated rings. The maximum Gasteiger partial charge on any atom is 0.243 e. The molecule has 0 aliphatic rings. The molecule has 0 aromatic rings. The number of hydrogen-bond acceptors (Lipinski definition) is 3. The van der Waals surface area contributed by atoms with Crippen LogP contribution in [0.15, 0.2) is 12.7 Å². The van der Waals surface area contributed by atoms with Gasteiger partial charge in [-0.3, -0.25) is 4.79 Å². The Morgan fingerprint density at radius 2 is 2.56 bits per heavy atom. The third kappa shape index (κ3) is 4.99. The highest BCUT2D eigenvalue weighted by atomic mass is 16.3. The van der Waals surface area contributed by atoms with Gasteiger partial charge in [0.1, 0.15) is 6.23 Å². The molecule has 0 bridgehead atoms. The van der Waals surface area contributed by atoms with Gasteiger partial charge in [-0.15, -0.1) is 0 Å². The Balaban J connectivity index is 3.27. The van der Waals surface area contributed by atoms with E-state index in [9.17, 15) is 4.79 Å². The maximum atomic E-state index is 10.3. The molecule has 0 aromatic heterocycles. The normalized spacial score (nSPS) is 12.2. The van der Waals surface area contributed by atoms with Crippen LogP contribution >= 0.6 is 0 Å². The predicted octanol–water partition coefficient (Wildman–Crippen LogP) is -1.43. The van der Waals surface area contributed by atoms with Crippen LogP contribution in [0.4, 0.5) is 0 Å². The summed E-state index contributed by atoms with van der Waals surface area (Å²) in [6, 6.07) is 0. The van der Waals surface area contributed by atoms with Crippen LogP contribution in [0.25, 0.3) is 0 Å². The lowest BCUT2D eigenvalue weighted by atomic mass is 10.5. The van der Waals surface area contributed by atoms with Crippen molar-refractivity contribution < 1.29 is 9.90 Å². The molecule has 0 aliphatic heterocycles. The number of aliphatic hydroxyl groups is 1. The minimum absolute atomic E-state index is 0.0604. The van der Waals surface area contributed by atoms with E-state index in [-0.39, 0.29) is 12.5 Å². The van der Waals surface area contributed by atoms with Gasteiger partial charge in [0.15, 0.2) is 0 Å². The van der Waals surface area contributed by atoms with Crippen LogP contribution < -0.4 is 11.1 Å². The van der Waals surface area contributed by atoms with E-state index in [1.54, 1.807) is 0 Å². The summed E-state index contributed by atoms with van der Waals surface area (Å²) in [4.78, 5) is 10.3. The number of carbonyl (C=O) groups is 1. The first-order chi connectivity index (χ1) is 4.16. The predicted molar refractivity (Wildman–Crippen MR) is 33.4 cm³/mol. The first kappa shape index (κ1) is 8.13. The van der Waals surface area contributed by atoms with Crippen LogP contribution in [0.3, 0.4) is 0 Å². The lowest BCUT2D eigenvalue weighted by Crippen LogP contribution is -2.35. The monoisotopic (exact) mass is 130 g/mol. The van der Waals surface area contributed by atoms with Crippen molar-refractivity contribution in [2.75, 3.05) is 6.54 Å². The van der Waals surface area contributed by atoms with Gasteiger partial charge in [0.2, 0.25) is 5.91 Å². The van der Waals surface area contributed by atoms with Gasteiger partial charge in [-0.1, -0.05) is 6.58 Å². The van der Waals surface area contributed by atoms with E-state index in [2.05, 4.69) is 11.9 Å². The highest BCUT2D eigenvalue weighted by Crippen LogP contribution is 1.67. The SMILES string of the molecule is C=CC(=O)NCC(N)O. The molecule has 4 nitrogen and oxygen atoms in total. The molecule has 0 aromatic carbocycles. The number of carbonyl (C=O) groups excluding carboxylic acids is 1. The van der Waals surface area contributed by atoms with E-state index in [1.165, 1.54) is 0 Å². The minimum atomic E-state index is -0.992. The quantitative estimate of drug-likeness (QED) is 0.323. The van der Waals surface area contributed by atoms with Crippen LogP contribution in [0, 0.1) is 0 Å². The van der Waals surface area contributed by atoms with Gasteiger partial charge in [0.05, 0.1) is 6.54 Å². The number of aliphatic hydroxyl groups excluding tert-OH is 1. The topological polar surface area (TPSA) is 75.4 Å². The van der Waals surface area contributed by atoms with E-state index in [0.717, 1.165) is 6.08 Å². The largest absolute Gasteiger partial charge is 0.377 e. The summed E-state index contributed by atoms with van der Waals surface area (Å²) in [5, 5.41) is 10.7. The van der Waals surface area contributed by atoms with Gasteiger partial charge in [-0.05, 0) is 6.08 Å². The number of amides is 1. The zero-order valence-electron chi connectivity index (χ0n) is 5.00. The lowest BCUT2D eigenvalue weighted by molar-refractivity contribution is -0.116. The average Bonchev–Trinajstić information content (AvgIpc) is 1.83. The molecule has 0 aliphatic carbocycles. The fourth-order valence-corrected chi connectivity index (χ4v) is 0.277. The fraction of sp³-hybridized carbons (Fsp3) is 0.400. The van der Waals surface area contributed by atoms with Crippen LogP contribution in [-0.2, 0) is 4.79 Å². The Morgan fingerprint density at radius 3 is 2.89 bits per heavy atom. The average molecular weight is 130 g/mol. The molecule has 4 heteroatoms. The Kier molecular flexibility index (Phi) is 3.66. The van der Waals surface area contributed by atoms with Crippen LogP contribution in [-0.4, -0.2) is 23.8 Å². The molecular formula is C5H10N2O2. The highest BCUT2D eigenvalue weighted by Gasteiger charge is 1.95. The van der Waals surface area contributed by atoms with E-state index in [1.807, 2.05) is 0 Å². The standard InChI is InChI=1S/C5H10N2O2/c1-2-5(9)7-3-4(6)8/h2,4,8H,1,3,6H2,(H,7,9). The zero-order valence-corrected chi connectivity index (χ0v) is 5.00. The van der Waals surface area contributed by atoms with Gasteiger partial charge >= 0.3 is 0 Å². The molecular weight excluding hydrogens is 120 g/mol. The van der Waals surface area contributed by atoms with Gasteiger partial charge in [0, 0.05) is 0 Å². The van der Waals surface area contributed by atoms with Crippen LogP contribution in [0.1, 0.15) is 0 Å². The molecule has 1 atom stereocenters. The molecule has 1 amide bonds. The second-order valence-corrected chi connectivity index (χ2v) is 1.52. The van der Waals surface area contributed by atoms with Crippen LogP contribution in [0.2, 0.25) is 0 Å². The third-order valence-electron chi connectivity index (χ3n) is 0.671. The highest BCUT2D eigenvalue weighted by molar-refractivity contribution is 5.86. The van der Waals surface area contributed by atoms with Crippen molar-refractivity contribution in [3.63, 3.8) is 0 Å². The zero-order chi connectivity index (χ0) is 7.28. The summed E-state index contributed by atoms with van der Waals surface area (Å²) in [6.07, 6.45) is 0.122. The number of hydrogen-bond donors (Lipinski definition) is 3. The molecule has 0 spiro atoms. The van der Waals surface area contributed by atoms with E-state index in [0.29, 0.717) is 0 Å². The number of rotatable bonds is 3. The van der Waals surface area contributed by atoms with Crippen molar-refractivity contribution in [3.8, 4) is 0 Å². The fourth-order valence-electron chi connectivity index (χ4n) is 0.277. The Morgan fingerprint density at radius 1 is 2.00 bits per heavy atom. The number of nitrogens with two attached hydrogens (primary N) is 1. The van der Waals surface area contributed by atoms with E-state index in [4.69, 9.17) is 10.8 Å². The van der Waals surface area contributed by atoms with Crippen molar-refractivity contribution in [1.82, 2.24) is 5.32 Å². The molecule has 0 radical (unpaired) electrons. The molecule has 1 unspecified atom stereocenters. The summed E-state index contributed by atoms with van der Waals surface area (Å²) in [7, 11) is 0. The lowest BCUT2D eigenvalue weighted by Gasteiger charge is -2.02. The first-order valence-corrected chi connectivity index (χ1v) is 2.50. The molecule has 0 saturated carbocycles. The van der Waals surface area contributed by atoms with Crippen molar-refractivity contribution in [2.45, 2.75) is 6.23 Å². The Hall–Kier alpha value is -0.870. The second-order valence-electron chi connectivity index (χ2n) is 1.52. The number of nitrogens with one attached hydrogen (secondary N) is 1. The second kappa shape index (κ2) is 4.05. The molecule has 9 heavy (non-hydrogen) atoms. The van der Waals surface area contributed by atoms with Crippen molar-refractivity contribution in [2.24, 2.45) is 5.73 Å². The van der Waals surface area contributed by atoms with Gasteiger partial charge in [-0.25, -0.2) is 0 Å². The molecule has 0 heterocycles. The smallest absolute Gasteiger partial charge is 0.243 e. The van der Waals surface area contributed by atoms with Gasteiger partial charge < -0.3 is 16.2 Å². The first-order valence-electron chi connectivity index (χ1n) is 2.50. The molecule has 52 valence electrons. The molecule has 0 saturated heterocycles. The van der Waals surface area contributed by atoms with Crippen molar-refractivity contribution >= 4 is 5.91 Å². The van der Waals surface area contributed by atoms with Crippen molar-refractivity contribution in [1.29, 1.82) is 0 Å². The summed E-state index contributed by atoms with van der Waals surface area (Å²) < 4.78 is 0. The van der Waals surface area contributed by atoms with Gasteiger partial charge in [0.25, 0.3) is 0 Å². The molecule has 4 N–H and O–H groups in total. The van der Waals surface area contributed by atoms with E-state index >= 15 is 0 Å².